The third-order valence-electron chi connectivity index (χ3n) is 3.19. The fourth-order valence-electron chi connectivity index (χ4n) is 1.86. The Balaban J connectivity index is 2.34. The van der Waals surface area contributed by atoms with Gasteiger partial charge in [0.05, 0.1) is 10.9 Å². The third-order valence-corrected chi connectivity index (χ3v) is 6.78. The molecule has 2 aromatic rings. The van der Waals surface area contributed by atoms with Gasteiger partial charge in [-0.15, -0.1) is 11.3 Å². The van der Waals surface area contributed by atoms with Crippen LogP contribution in [0.1, 0.15) is 22.7 Å². The quantitative estimate of drug-likeness (QED) is 0.804. The highest BCUT2D eigenvalue weighted by molar-refractivity contribution is 9.10. The summed E-state index contributed by atoms with van der Waals surface area (Å²) in [5, 5.41) is 0. The van der Waals surface area contributed by atoms with Crippen LogP contribution in [0.15, 0.2) is 45.8 Å². The van der Waals surface area contributed by atoms with Crippen molar-refractivity contribution in [1.29, 1.82) is 0 Å². The summed E-state index contributed by atoms with van der Waals surface area (Å²) in [7, 11) is -1.87. The maximum absolute atomic E-state index is 12.6. The van der Waals surface area contributed by atoms with Gasteiger partial charge in [0, 0.05) is 21.3 Å². The van der Waals surface area contributed by atoms with Crippen LogP contribution in [0.2, 0.25) is 0 Å². The Morgan fingerprint density at radius 1 is 1.25 bits per heavy atom. The standard InChI is InChI=1S/C14H16BrNO2S2/c1-10-7-8-14(19-10)11(2)16(3)20(17,18)13-6-4-5-12(15)9-13/h4-9,11H,1-3H3. The molecule has 1 heterocycles. The number of hydrogen-bond acceptors (Lipinski definition) is 3. The lowest BCUT2D eigenvalue weighted by molar-refractivity contribution is 0.403. The van der Waals surface area contributed by atoms with Gasteiger partial charge in [0.25, 0.3) is 0 Å². The lowest BCUT2D eigenvalue weighted by Crippen LogP contribution is -2.29. The Labute approximate surface area is 132 Å². The van der Waals surface area contributed by atoms with Gasteiger partial charge in [-0.1, -0.05) is 22.0 Å². The average Bonchev–Trinajstić information content (AvgIpc) is 2.83. The predicted octanol–water partition coefficient (Wildman–Crippen LogP) is 4.20. The summed E-state index contributed by atoms with van der Waals surface area (Å²) in [6.07, 6.45) is 0. The summed E-state index contributed by atoms with van der Waals surface area (Å²) < 4.78 is 27.4. The summed E-state index contributed by atoms with van der Waals surface area (Å²) in [6.45, 7) is 3.92. The highest BCUT2D eigenvalue weighted by atomic mass is 79.9. The Morgan fingerprint density at radius 3 is 2.50 bits per heavy atom. The number of aryl methyl sites for hydroxylation is 1. The fraction of sp³-hybridized carbons (Fsp3) is 0.286. The van der Waals surface area contributed by atoms with E-state index in [-0.39, 0.29) is 6.04 Å². The molecule has 0 spiro atoms. The zero-order valence-electron chi connectivity index (χ0n) is 11.5. The van der Waals surface area contributed by atoms with Crippen LogP contribution in [0.4, 0.5) is 0 Å². The monoisotopic (exact) mass is 373 g/mol. The molecule has 0 saturated carbocycles. The SMILES string of the molecule is Cc1ccc(C(C)N(C)S(=O)(=O)c2cccc(Br)c2)s1. The maximum atomic E-state index is 12.6. The van der Waals surface area contributed by atoms with Crippen molar-refractivity contribution in [2.24, 2.45) is 0 Å². The molecular weight excluding hydrogens is 358 g/mol. The van der Waals surface area contributed by atoms with Crippen molar-refractivity contribution in [2.45, 2.75) is 24.8 Å². The first kappa shape index (κ1) is 15.7. The molecule has 0 aliphatic rings. The van der Waals surface area contributed by atoms with E-state index in [1.165, 1.54) is 9.18 Å². The second-order valence-corrected chi connectivity index (χ2v) is 8.84. The van der Waals surface area contributed by atoms with Gasteiger partial charge in [-0.2, -0.15) is 4.31 Å². The Bertz CT molecular complexity index is 709. The van der Waals surface area contributed by atoms with Gasteiger partial charge in [0.2, 0.25) is 10.0 Å². The van der Waals surface area contributed by atoms with E-state index < -0.39 is 10.0 Å². The number of thiophene rings is 1. The highest BCUT2D eigenvalue weighted by Crippen LogP contribution is 2.30. The second-order valence-electron chi connectivity index (χ2n) is 4.60. The average molecular weight is 374 g/mol. The smallest absolute Gasteiger partial charge is 0.207 e. The number of halogens is 1. The molecule has 2 rings (SSSR count). The Hall–Kier alpha value is -0.690. The summed E-state index contributed by atoms with van der Waals surface area (Å²) >= 11 is 4.93. The van der Waals surface area contributed by atoms with Crippen molar-refractivity contribution in [3.63, 3.8) is 0 Å². The third kappa shape index (κ3) is 3.14. The second kappa shape index (κ2) is 5.97. The van der Waals surface area contributed by atoms with E-state index in [4.69, 9.17) is 0 Å². The summed E-state index contributed by atoms with van der Waals surface area (Å²) in [6, 6.07) is 10.6. The molecule has 6 heteroatoms. The zero-order chi connectivity index (χ0) is 14.9. The fourth-order valence-corrected chi connectivity index (χ4v) is 4.84. The normalized spacial score (nSPS) is 13.7. The van der Waals surface area contributed by atoms with E-state index in [9.17, 15) is 8.42 Å². The molecule has 108 valence electrons. The van der Waals surface area contributed by atoms with Crippen molar-refractivity contribution >= 4 is 37.3 Å². The minimum atomic E-state index is -3.49. The van der Waals surface area contributed by atoms with E-state index in [0.717, 1.165) is 9.35 Å². The Kier molecular flexibility index (Phi) is 4.69. The molecule has 1 aromatic carbocycles. The molecule has 0 bridgehead atoms. The van der Waals surface area contributed by atoms with Crippen LogP contribution in [-0.2, 0) is 10.0 Å². The first-order valence-electron chi connectivity index (χ1n) is 6.12. The van der Waals surface area contributed by atoms with Crippen LogP contribution in [0.25, 0.3) is 0 Å². The molecule has 0 fully saturated rings. The minimum absolute atomic E-state index is 0.183. The number of nitrogens with zero attached hydrogens (tertiary/aromatic N) is 1. The van der Waals surface area contributed by atoms with Gasteiger partial charge in [-0.25, -0.2) is 8.42 Å². The van der Waals surface area contributed by atoms with Gasteiger partial charge < -0.3 is 0 Å². The number of benzene rings is 1. The van der Waals surface area contributed by atoms with Gasteiger partial charge in [0.1, 0.15) is 0 Å². The Morgan fingerprint density at radius 2 is 1.95 bits per heavy atom. The lowest BCUT2D eigenvalue weighted by Gasteiger charge is -2.23. The van der Waals surface area contributed by atoms with Crippen molar-refractivity contribution in [3.05, 3.63) is 50.6 Å². The maximum Gasteiger partial charge on any atom is 0.243 e. The molecule has 0 amide bonds. The van der Waals surface area contributed by atoms with Crippen LogP contribution >= 0.6 is 27.3 Å². The van der Waals surface area contributed by atoms with Crippen molar-refractivity contribution < 1.29 is 8.42 Å². The van der Waals surface area contributed by atoms with Crippen LogP contribution in [0.3, 0.4) is 0 Å². The molecular formula is C14H16BrNO2S2. The molecule has 0 aliphatic heterocycles. The van der Waals surface area contributed by atoms with Crippen molar-refractivity contribution in [1.82, 2.24) is 4.31 Å². The van der Waals surface area contributed by atoms with Gasteiger partial charge in [0.15, 0.2) is 0 Å². The molecule has 1 aromatic heterocycles. The van der Waals surface area contributed by atoms with Gasteiger partial charge in [-0.05, 0) is 44.2 Å². The number of rotatable bonds is 4. The van der Waals surface area contributed by atoms with E-state index in [0.29, 0.717) is 4.90 Å². The first-order valence-corrected chi connectivity index (χ1v) is 9.17. The lowest BCUT2D eigenvalue weighted by atomic mass is 10.3. The van der Waals surface area contributed by atoms with E-state index in [1.54, 1.807) is 36.6 Å². The van der Waals surface area contributed by atoms with E-state index >= 15 is 0 Å². The van der Waals surface area contributed by atoms with Crippen LogP contribution in [0, 0.1) is 6.92 Å². The van der Waals surface area contributed by atoms with Gasteiger partial charge >= 0.3 is 0 Å². The van der Waals surface area contributed by atoms with Crippen molar-refractivity contribution in [2.75, 3.05) is 7.05 Å². The minimum Gasteiger partial charge on any atom is -0.207 e. The van der Waals surface area contributed by atoms with Crippen LogP contribution in [0.5, 0.6) is 0 Å². The molecule has 1 atom stereocenters. The first-order chi connectivity index (χ1) is 9.32. The summed E-state index contributed by atoms with van der Waals surface area (Å²) in [5.74, 6) is 0. The van der Waals surface area contributed by atoms with Crippen molar-refractivity contribution in [3.8, 4) is 0 Å². The van der Waals surface area contributed by atoms with E-state index in [2.05, 4.69) is 15.9 Å². The van der Waals surface area contributed by atoms with Gasteiger partial charge in [-0.3, -0.25) is 0 Å². The topological polar surface area (TPSA) is 37.4 Å². The number of sulfonamides is 1. The summed E-state index contributed by atoms with van der Waals surface area (Å²) in [4.78, 5) is 2.53. The molecule has 20 heavy (non-hydrogen) atoms. The zero-order valence-corrected chi connectivity index (χ0v) is 14.7. The predicted molar refractivity (Wildman–Crippen MR) is 86.6 cm³/mol. The number of hydrogen-bond donors (Lipinski definition) is 0. The molecule has 1 unspecified atom stereocenters. The largest absolute Gasteiger partial charge is 0.243 e. The molecule has 0 aliphatic carbocycles. The van der Waals surface area contributed by atoms with Crippen LogP contribution < -0.4 is 0 Å². The summed E-state index contributed by atoms with van der Waals surface area (Å²) in [5.41, 5.74) is 0. The highest BCUT2D eigenvalue weighted by Gasteiger charge is 2.27. The van der Waals surface area contributed by atoms with Crippen LogP contribution in [-0.4, -0.2) is 19.8 Å². The molecule has 0 radical (unpaired) electrons. The van der Waals surface area contributed by atoms with E-state index in [1.807, 2.05) is 32.0 Å². The molecule has 0 saturated heterocycles. The molecule has 0 N–H and O–H groups in total. The molecule has 3 nitrogen and oxygen atoms in total.